The van der Waals surface area contributed by atoms with Crippen molar-refractivity contribution in [1.29, 1.82) is 0 Å². The fourth-order valence-electron chi connectivity index (χ4n) is 1.23. The first kappa shape index (κ1) is 11.2. The molecule has 0 aliphatic rings. The summed E-state index contributed by atoms with van der Waals surface area (Å²) in [7, 11) is 0. The van der Waals surface area contributed by atoms with Crippen LogP contribution in [-0.2, 0) is 12.2 Å². The average molecular weight is 235 g/mol. The van der Waals surface area contributed by atoms with Crippen molar-refractivity contribution in [3.05, 3.63) is 42.1 Å². The maximum absolute atomic E-state index is 5.42. The zero-order valence-corrected chi connectivity index (χ0v) is 9.61. The third-order valence-electron chi connectivity index (χ3n) is 1.97. The Bertz CT molecular complexity index is 430. The Balaban J connectivity index is 1.89. The van der Waals surface area contributed by atoms with Gasteiger partial charge >= 0.3 is 0 Å². The minimum absolute atomic E-state index is 0.535. The van der Waals surface area contributed by atoms with Crippen LogP contribution >= 0.6 is 11.8 Å². The van der Waals surface area contributed by atoms with Gasteiger partial charge in [0.15, 0.2) is 0 Å². The number of nitrogens with zero attached hydrogens (tertiary/aromatic N) is 2. The van der Waals surface area contributed by atoms with Crippen molar-refractivity contribution in [2.75, 3.05) is 6.54 Å². The fourth-order valence-corrected chi connectivity index (χ4v) is 1.99. The van der Waals surface area contributed by atoms with Crippen LogP contribution in [0.3, 0.4) is 0 Å². The molecule has 0 bridgehead atoms. The van der Waals surface area contributed by atoms with Crippen molar-refractivity contribution in [3.8, 4) is 0 Å². The molecule has 2 aromatic rings. The lowest BCUT2D eigenvalue weighted by atomic mass is 10.4. The molecule has 2 rings (SSSR count). The number of hydrogen-bond donors (Lipinski definition) is 1. The van der Waals surface area contributed by atoms with Gasteiger partial charge in [0.2, 0.25) is 11.8 Å². The predicted molar refractivity (Wildman–Crippen MR) is 63.1 cm³/mol. The smallest absolute Gasteiger partial charge is 0.226 e. The Kier molecular flexibility index (Phi) is 3.96. The van der Waals surface area contributed by atoms with Crippen LogP contribution in [0.4, 0.5) is 0 Å². The van der Waals surface area contributed by atoms with Gasteiger partial charge < -0.3 is 10.2 Å². The summed E-state index contributed by atoms with van der Waals surface area (Å²) < 4.78 is 5.42. The molecular formula is C11H13N3OS. The van der Waals surface area contributed by atoms with Crippen molar-refractivity contribution >= 4 is 11.8 Å². The second-order valence-electron chi connectivity index (χ2n) is 3.23. The Hall–Kier alpha value is -1.33. The number of aromatic nitrogens is 2. The third-order valence-corrected chi connectivity index (χ3v) is 2.97. The minimum Gasteiger partial charge on any atom is -0.424 e. The van der Waals surface area contributed by atoms with Gasteiger partial charge in [0.05, 0.1) is 5.75 Å². The third kappa shape index (κ3) is 3.08. The van der Waals surface area contributed by atoms with Crippen LogP contribution in [0.2, 0.25) is 0 Å². The van der Waals surface area contributed by atoms with Crippen LogP contribution in [0.5, 0.6) is 0 Å². The van der Waals surface area contributed by atoms with E-state index >= 15 is 0 Å². The highest BCUT2D eigenvalue weighted by atomic mass is 32.2. The number of nitrogens with two attached hydrogens (primary N) is 1. The van der Waals surface area contributed by atoms with Gasteiger partial charge in [-0.25, -0.2) is 0 Å². The second-order valence-corrected chi connectivity index (χ2v) is 4.28. The lowest BCUT2D eigenvalue weighted by Gasteiger charge is -1.96. The minimum atomic E-state index is 0.535. The molecule has 0 aliphatic heterocycles. The van der Waals surface area contributed by atoms with Crippen molar-refractivity contribution in [2.45, 2.75) is 17.1 Å². The zero-order valence-electron chi connectivity index (χ0n) is 8.80. The summed E-state index contributed by atoms with van der Waals surface area (Å²) in [4.78, 5) is 1.20. The average Bonchev–Trinajstić information content (AvgIpc) is 2.76. The van der Waals surface area contributed by atoms with Crippen molar-refractivity contribution < 1.29 is 4.42 Å². The van der Waals surface area contributed by atoms with Crippen molar-refractivity contribution in [3.63, 3.8) is 0 Å². The molecule has 0 fully saturated rings. The molecule has 0 radical (unpaired) electrons. The SMILES string of the molecule is NCCc1nnc(CSc2ccccc2)o1. The molecule has 84 valence electrons. The molecule has 2 N–H and O–H groups in total. The topological polar surface area (TPSA) is 64.9 Å². The molecule has 0 saturated carbocycles. The van der Waals surface area contributed by atoms with E-state index in [4.69, 9.17) is 10.2 Å². The summed E-state index contributed by atoms with van der Waals surface area (Å²) in [6.07, 6.45) is 0.642. The van der Waals surface area contributed by atoms with Gasteiger partial charge in [-0.1, -0.05) is 18.2 Å². The normalized spacial score (nSPS) is 10.6. The van der Waals surface area contributed by atoms with Crippen LogP contribution in [0, 0.1) is 0 Å². The molecule has 5 heteroatoms. The molecular weight excluding hydrogens is 222 g/mol. The molecule has 4 nitrogen and oxygen atoms in total. The van der Waals surface area contributed by atoms with Gasteiger partial charge in [0.25, 0.3) is 0 Å². The predicted octanol–water partition coefficient (Wildman–Crippen LogP) is 1.86. The molecule has 0 aliphatic carbocycles. The second kappa shape index (κ2) is 5.67. The molecule has 0 unspecified atom stereocenters. The van der Waals surface area contributed by atoms with E-state index in [-0.39, 0.29) is 0 Å². The van der Waals surface area contributed by atoms with Gasteiger partial charge in [-0.05, 0) is 12.1 Å². The number of benzene rings is 1. The Morgan fingerprint density at radius 1 is 1.12 bits per heavy atom. The molecule has 0 saturated heterocycles. The highest BCUT2D eigenvalue weighted by Crippen LogP contribution is 2.21. The van der Waals surface area contributed by atoms with Crippen molar-refractivity contribution in [1.82, 2.24) is 10.2 Å². The van der Waals surface area contributed by atoms with Crippen LogP contribution < -0.4 is 5.73 Å². The van der Waals surface area contributed by atoms with E-state index in [1.54, 1.807) is 11.8 Å². The van der Waals surface area contributed by atoms with Crippen molar-refractivity contribution in [2.24, 2.45) is 5.73 Å². The Morgan fingerprint density at radius 3 is 2.62 bits per heavy atom. The van der Waals surface area contributed by atoms with Crippen LogP contribution in [-0.4, -0.2) is 16.7 Å². The molecule has 16 heavy (non-hydrogen) atoms. The summed E-state index contributed by atoms with van der Waals surface area (Å²) in [5, 5.41) is 7.87. The summed E-state index contributed by atoms with van der Waals surface area (Å²) >= 11 is 1.68. The quantitative estimate of drug-likeness (QED) is 0.801. The lowest BCUT2D eigenvalue weighted by Crippen LogP contribution is -2.02. The highest BCUT2D eigenvalue weighted by molar-refractivity contribution is 7.98. The zero-order chi connectivity index (χ0) is 11.2. The van der Waals surface area contributed by atoms with E-state index in [0.717, 1.165) is 0 Å². The van der Waals surface area contributed by atoms with Crippen LogP contribution in [0.25, 0.3) is 0 Å². The molecule has 1 aromatic heterocycles. The van der Waals surface area contributed by atoms with E-state index in [9.17, 15) is 0 Å². The van der Waals surface area contributed by atoms with Crippen LogP contribution in [0.1, 0.15) is 11.8 Å². The largest absolute Gasteiger partial charge is 0.424 e. The number of rotatable bonds is 5. The summed E-state index contributed by atoms with van der Waals surface area (Å²) in [5.41, 5.74) is 5.40. The molecule has 1 aromatic carbocycles. The summed E-state index contributed by atoms with van der Waals surface area (Å²) in [6, 6.07) is 10.1. The van der Waals surface area contributed by atoms with Gasteiger partial charge in [-0.15, -0.1) is 22.0 Å². The first-order valence-electron chi connectivity index (χ1n) is 5.07. The maximum Gasteiger partial charge on any atom is 0.226 e. The molecule has 1 heterocycles. The maximum atomic E-state index is 5.42. The molecule has 0 spiro atoms. The Labute approximate surface area is 98.2 Å². The van der Waals surface area contributed by atoms with Gasteiger partial charge in [0, 0.05) is 17.9 Å². The Morgan fingerprint density at radius 2 is 1.88 bits per heavy atom. The van der Waals surface area contributed by atoms with Gasteiger partial charge in [0.1, 0.15) is 0 Å². The van der Waals surface area contributed by atoms with Crippen LogP contribution in [0.15, 0.2) is 39.6 Å². The van der Waals surface area contributed by atoms with E-state index < -0.39 is 0 Å². The summed E-state index contributed by atoms with van der Waals surface area (Å²) in [5.74, 6) is 1.96. The fraction of sp³-hybridized carbons (Fsp3) is 0.273. The first-order valence-corrected chi connectivity index (χ1v) is 6.06. The first-order chi connectivity index (χ1) is 7.88. The van der Waals surface area contributed by atoms with E-state index in [1.165, 1.54) is 4.90 Å². The molecule has 0 atom stereocenters. The van der Waals surface area contributed by atoms with E-state index in [0.29, 0.717) is 30.5 Å². The standard InChI is InChI=1S/C11H13N3OS/c12-7-6-10-13-14-11(15-10)8-16-9-4-2-1-3-5-9/h1-5H,6-8,12H2. The lowest BCUT2D eigenvalue weighted by molar-refractivity contribution is 0.466. The van der Waals surface area contributed by atoms with Gasteiger partial charge in [-0.3, -0.25) is 0 Å². The van der Waals surface area contributed by atoms with Gasteiger partial charge in [-0.2, -0.15) is 0 Å². The number of hydrogen-bond acceptors (Lipinski definition) is 5. The van der Waals surface area contributed by atoms with E-state index in [2.05, 4.69) is 22.3 Å². The van der Waals surface area contributed by atoms with E-state index in [1.807, 2.05) is 18.2 Å². The monoisotopic (exact) mass is 235 g/mol. The molecule has 0 amide bonds. The number of thioether (sulfide) groups is 1. The highest BCUT2D eigenvalue weighted by Gasteiger charge is 2.05. The summed E-state index contributed by atoms with van der Waals surface area (Å²) in [6.45, 7) is 0.535.